The quantitative estimate of drug-likeness (QED) is 0.783. The first-order chi connectivity index (χ1) is 12.8. The maximum Gasteiger partial charge on any atom is 0.228 e. The molecular formula is C20H26FN3O2. The number of ether oxygens (including phenoxy) is 2. The van der Waals surface area contributed by atoms with E-state index in [0.717, 1.165) is 56.4 Å². The molecular weight excluding hydrogens is 333 g/mol. The van der Waals surface area contributed by atoms with Crippen LogP contribution in [0.15, 0.2) is 48.5 Å². The summed E-state index contributed by atoms with van der Waals surface area (Å²) in [4.78, 5) is 4.80. The number of hydrogen-bond donors (Lipinski definition) is 1. The molecule has 0 atom stereocenters. The van der Waals surface area contributed by atoms with Crippen LogP contribution in [0.3, 0.4) is 0 Å². The van der Waals surface area contributed by atoms with Crippen molar-refractivity contribution in [1.29, 1.82) is 0 Å². The van der Waals surface area contributed by atoms with Gasteiger partial charge < -0.3 is 19.7 Å². The van der Waals surface area contributed by atoms with Crippen molar-refractivity contribution in [1.82, 2.24) is 4.90 Å². The lowest BCUT2D eigenvalue weighted by Crippen LogP contribution is -2.47. The molecule has 0 radical (unpaired) electrons. The number of alkyl halides is 1. The predicted octanol–water partition coefficient (Wildman–Crippen LogP) is 3.24. The Kier molecular flexibility index (Phi) is 6.55. The number of anilines is 2. The summed E-state index contributed by atoms with van der Waals surface area (Å²) in [5, 5.41) is 3.34. The van der Waals surface area contributed by atoms with Crippen molar-refractivity contribution in [3.63, 3.8) is 0 Å². The fourth-order valence-electron chi connectivity index (χ4n) is 3.25. The van der Waals surface area contributed by atoms with Gasteiger partial charge in [-0.2, -0.15) is 0 Å². The Morgan fingerprint density at radius 3 is 2.38 bits per heavy atom. The van der Waals surface area contributed by atoms with Crippen molar-refractivity contribution >= 4 is 11.4 Å². The van der Waals surface area contributed by atoms with Crippen molar-refractivity contribution in [3.8, 4) is 11.5 Å². The lowest BCUT2D eigenvalue weighted by Gasteiger charge is -2.36. The number of rotatable bonds is 8. The van der Waals surface area contributed by atoms with Gasteiger partial charge in [-0.05, 0) is 24.3 Å². The lowest BCUT2D eigenvalue weighted by atomic mass is 10.2. The first-order valence-electron chi connectivity index (χ1n) is 8.94. The molecule has 1 aliphatic rings. The van der Waals surface area contributed by atoms with Crippen molar-refractivity contribution in [2.45, 2.75) is 0 Å². The van der Waals surface area contributed by atoms with Gasteiger partial charge in [0.25, 0.3) is 0 Å². The van der Waals surface area contributed by atoms with E-state index in [1.807, 2.05) is 36.4 Å². The van der Waals surface area contributed by atoms with Crippen LogP contribution in [0.2, 0.25) is 0 Å². The molecule has 0 bridgehead atoms. The van der Waals surface area contributed by atoms with Gasteiger partial charge in [0.05, 0.1) is 18.5 Å². The summed E-state index contributed by atoms with van der Waals surface area (Å²) in [6.07, 6.45) is 0. The van der Waals surface area contributed by atoms with Gasteiger partial charge in [-0.3, -0.25) is 4.90 Å². The number of para-hydroxylation sites is 4. The molecule has 5 nitrogen and oxygen atoms in total. The van der Waals surface area contributed by atoms with Gasteiger partial charge >= 0.3 is 0 Å². The van der Waals surface area contributed by atoms with E-state index >= 15 is 0 Å². The first-order valence-corrected chi connectivity index (χ1v) is 8.94. The number of nitrogens with zero attached hydrogens (tertiary/aromatic N) is 2. The van der Waals surface area contributed by atoms with Crippen LogP contribution in [0.5, 0.6) is 11.5 Å². The van der Waals surface area contributed by atoms with E-state index in [-0.39, 0.29) is 0 Å². The fraction of sp³-hybridized carbons (Fsp3) is 0.400. The van der Waals surface area contributed by atoms with Gasteiger partial charge in [-0.25, -0.2) is 4.39 Å². The summed E-state index contributed by atoms with van der Waals surface area (Å²) in [7, 11) is 1.71. The molecule has 2 aromatic rings. The molecule has 1 fully saturated rings. The minimum absolute atomic E-state index is 0.552. The standard InChI is InChI=1S/C20H26FN3O2/c1-25-20-9-5-3-7-18(20)24-14-12-23(13-15-24)11-10-22-17-6-2-4-8-19(17)26-16-21/h2-9,22H,10-16H2,1H3. The second-order valence-corrected chi connectivity index (χ2v) is 6.18. The largest absolute Gasteiger partial charge is 0.495 e. The van der Waals surface area contributed by atoms with Crippen molar-refractivity contribution in [2.24, 2.45) is 0 Å². The minimum Gasteiger partial charge on any atom is -0.495 e. The topological polar surface area (TPSA) is 37.0 Å². The van der Waals surface area contributed by atoms with Crippen molar-refractivity contribution in [2.75, 3.05) is 63.5 Å². The SMILES string of the molecule is COc1ccccc1N1CCN(CCNc2ccccc2OCF)CC1. The average Bonchev–Trinajstić information content (AvgIpc) is 2.70. The summed E-state index contributed by atoms with van der Waals surface area (Å²) in [6.45, 7) is 4.86. The average molecular weight is 359 g/mol. The number of halogens is 1. The zero-order valence-electron chi connectivity index (χ0n) is 15.2. The monoisotopic (exact) mass is 359 g/mol. The van der Waals surface area contributed by atoms with E-state index in [9.17, 15) is 4.39 Å². The Morgan fingerprint density at radius 1 is 0.962 bits per heavy atom. The Bertz CT molecular complexity index is 690. The van der Waals surface area contributed by atoms with Crippen molar-refractivity contribution < 1.29 is 13.9 Å². The summed E-state index contributed by atoms with van der Waals surface area (Å²) < 4.78 is 22.9. The highest BCUT2D eigenvalue weighted by Gasteiger charge is 2.19. The molecule has 0 unspecified atom stereocenters. The molecule has 26 heavy (non-hydrogen) atoms. The number of piperazine rings is 1. The van der Waals surface area contributed by atoms with E-state index in [2.05, 4.69) is 21.2 Å². The Labute approximate surface area is 154 Å². The molecule has 1 aliphatic heterocycles. The third kappa shape index (κ3) is 4.58. The third-order valence-electron chi connectivity index (χ3n) is 4.64. The minimum atomic E-state index is -0.816. The van der Waals surface area contributed by atoms with E-state index in [0.29, 0.717) is 5.75 Å². The van der Waals surface area contributed by atoms with Crippen LogP contribution in [-0.2, 0) is 0 Å². The van der Waals surface area contributed by atoms with Gasteiger partial charge in [-0.1, -0.05) is 24.3 Å². The number of hydrogen-bond acceptors (Lipinski definition) is 5. The molecule has 0 amide bonds. The fourth-order valence-corrected chi connectivity index (χ4v) is 3.25. The van der Waals surface area contributed by atoms with E-state index in [1.54, 1.807) is 13.2 Å². The molecule has 1 N–H and O–H groups in total. The third-order valence-corrected chi connectivity index (χ3v) is 4.64. The molecule has 140 valence electrons. The summed E-state index contributed by atoms with van der Waals surface area (Å²) in [5.41, 5.74) is 1.99. The van der Waals surface area contributed by atoms with E-state index in [1.165, 1.54) is 0 Å². The van der Waals surface area contributed by atoms with Gasteiger partial charge in [0.2, 0.25) is 6.86 Å². The van der Waals surface area contributed by atoms with Crippen LogP contribution >= 0.6 is 0 Å². The molecule has 2 aromatic carbocycles. The first kappa shape index (κ1) is 18.3. The summed E-state index contributed by atoms with van der Waals surface area (Å²) >= 11 is 0. The van der Waals surface area contributed by atoms with Gasteiger partial charge in [0.1, 0.15) is 11.5 Å². The normalized spacial score (nSPS) is 14.9. The molecule has 0 aliphatic carbocycles. The smallest absolute Gasteiger partial charge is 0.228 e. The highest BCUT2D eigenvalue weighted by molar-refractivity contribution is 5.58. The second kappa shape index (κ2) is 9.29. The van der Waals surface area contributed by atoms with Crippen LogP contribution in [0.25, 0.3) is 0 Å². The zero-order valence-corrected chi connectivity index (χ0v) is 15.2. The van der Waals surface area contributed by atoms with Crippen molar-refractivity contribution in [3.05, 3.63) is 48.5 Å². The molecule has 0 saturated carbocycles. The predicted molar refractivity (Wildman–Crippen MR) is 103 cm³/mol. The van der Waals surface area contributed by atoms with E-state index in [4.69, 9.17) is 9.47 Å². The lowest BCUT2D eigenvalue weighted by molar-refractivity contribution is 0.192. The van der Waals surface area contributed by atoms with Crippen LogP contribution in [0.1, 0.15) is 0 Å². The number of methoxy groups -OCH3 is 1. The summed E-state index contributed by atoms with van der Waals surface area (Å²) in [6, 6.07) is 15.6. The van der Waals surface area contributed by atoms with Crippen LogP contribution in [0.4, 0.5) is 15.8 Å². The molecule has 6 heteroatoms. The highest BCUT2D eigenvalue weighted by atomic mass is 19.1. The maximum atomic E-state index is 12.4. The maximum absolute atomic E-state index is 12.4. The molecule has 1 saturated heterocycles. The highest BCUT2D eigenvalue weighted by Crippen LogP contribution is 2.28. The Balaban J connectivity index is 1.46. The Morgan fingerprint density at radius 2 is 1.65 bits per heavy atom. The van der Waals surface area contributed by atoms with Gasteiger partial charge in [0.15, 0.2) is 0 Å². The molecule has 1 heterocycles. The van der Waals surface area contributed by atoms with Gasteiger partial charge in [0, 0.05) is 39.3 Å². The molecule has 0 spiro atoms. The van der Waals surface area contributed by atoms with Crippen LogP contribution in [-0.4, -0.2) is 58.1 Å². The molecule has 3 rings (SSSR count). The zero-order chi connectivity index (χ0) is 18.2. The molecule has 0 aromatic heterocycles. The number of nitrogens with one attached hydrogen (secondary N) is 1. The summed E-state index contributed by atoms with van der Waals surface area (Å²) in [5.74, 6) is 1.48. The van der Waals surface area contributed by atoms with E-state index < -0.39 is 6.86 Å². The second-order valence-electron chi connectivity index (χ2n) is 6.18. The van der Waals surface area contributed by atoms with Crippen LogP contribution in [0, 0.1) is 0 Å². The Hall–Kier alpha value is -2.47. The van der Waals surface area contributed by atoms with Gasteiger partial charge in [-0.15, -0.1) is 0 Å². The van der Waals surface area contributed by atoms with Crippen LogP contribution < -0.4 is 19.7 Å². The number of benzene rings is 2.